The Kier molecular flexibility index (Phi) is 5.12. The van der Waals surface area contributed by atoms with Gasteiger partial charge in [-0.3, -0.25) is 14.6 Å². The van der Waals surface area contributed by atoms with E-state index in [1.54, 1.807) is 12.1 Å². The molecule has 0 fully saturated rings. The minimum absolute atomic E-state index is 0.0737. The topological polar surface area (TPSA) is 88.5 Å². The SMILES string of the molecule is CCNC(=O)c1ccc(-c2nc(Cc3ccc4[nH]ncc4c3CC)n(C)n2)cc1. The standard InChI is InChI=1S/C22H24N6O/c1-4-17-16(10-11-19-18(17)13-24-26-19)12-20-25-21(27-28(20)3)14-6-8-15(9-7-14)22(29)23-5-2/h6-11,13H,4-5,12H2,1-3H3,(H,23,29)(H,24,26). The number of carbonyl (C=O) groups is 1. The zero-order valence-corrected chi connectivity index (χ0v) is 16.9. The molecule has 0 unspecified atom stereocenters. The van der Waals surface area contributed by atoms with E-state index in [1.807, 2.05) is 37.0 Å². The maximum Gasteiger partial charge on any atom is 0.251 e. The summed E-state index contributed by atoms with van der Waals surface area (Å²) in [5.74, 6) is 1.48. The number of benzene rings is 2. The van der Waals surface area contributed by atoms with Crippen molar-refractivity contribution in [3.63, 3.8) is 0 Å². The molecule has 2 aromatic carbocycles. The molecule has 0 aliphatic heterocycles. The van der Waals surface area contributed by atoms with Crippen LogP contribution in [0.4, 0.5) is 0 Å². The number of aryl methyl sites for hydroxylation is 2. The number of hydrogen-bond donors (Lipinski definition) is 2. The van der Waals surface area contributed by atoms with Gasteiger partial charge in [-0.15, -0.1) is 0 Å². The first-order chi connectivity index (χ1) is 14.1. The Bertz CT molecular complexity index is 1160. The molecule has 0 aliphatic rings. The fourth-order valence-corrected chi connectivity index (χ4v) is 3.60. The lowest BCUT2D eigenvalue weighted by Gasteiger charge is -2.08. The molecule has 29 heavy (non-hydrogen) atoms. The quantitative estimate of drug-likeness (QED) is 0.531. The van der Waals surface area contributed by atoms with E-state index in [0.29, 0.717) is 24.4 Å². The highest BCUT2D eigenvalue weighted by Gasteiger charge is 2.14. The van der Waals surface area contributed by atoms with Gasteiger partial charge in [0.2, 0.25) is 0 Å². The van der Waals surface area contributed by atoms with Crippen molar-refractivity contribution in [2.45, 2.75) is 26.7 Å². The van der Waals surface area contributed by atoms with Crippen LogP contribution in [0.5, 0.6) is 0 Å². The second kappa shape index (κ2) is 7.87. The molecule has 0 saturated heterocycles. The Hall–Kier alpha value is -3.48. The summed E-state index contributed by atoms with van der Waals surface area (Å²) in [6.07, 6.45) is 3.51. The van der Waals surface area contributed by atoms with Crippen molar-refractivity contribution in [1.29, 1.82) is 0 Å². The Morgan fingerprint density at radius 2 is 1.93 bits per heavy atom. The molecule has 0 aliphatic carbocycles. The van der Waals surface area contributed by atoms with Crippen molar-refractivity contribution in [1.82, 2.24) is 30.3 Å². The van der Waals surface area contributed by atoms with Gasteiger partial charge in [0.1, 0.15) is 5.82 Å². The van der Waals surface area contributed by atoms with Crippen molar-refractivity contribution in [3.8, 4) is 11.4 Å². The summed E-state index contributed by atoms with van der Waals surface area (Å²) in [5.41, 5.74) is 5.09. The van der Waals surface area contributed by atoms with Crippen LogP contribution in [-0.4, -0.2) is 37.4 Å². The van der Waals surface area contributed by atoms with Crippen LogP contribution in [0.1, 0.15) is 41.2 Å². The summed E-state index contributed by atoms with van der Waals surface area (Å²) in [6.45, 7) is 4.67. The normalized spacial score (nSPS) is 11.1. The number of aromatic amines is 1. The third-order valence-electron chi connectivity index (χ3n) is 5.13. The molecule has 0 spiro atoms. The highest BCUT2D eigenvalue weighted by atomic mass is 16.1. The molecule has 1 amide bonds. The molecular formula is C22H24N6O. The molecule has 2 aromatic heterocycles. The lowest BCUT2D eigenvalue weighted by Crippen LogP contribution is -2.22. The summed E-state index contributed by atoms with van der Waals surface area (Å²) in [6, 6.07) is 11.6. The van der Waals surface area contributed by atoms with Crippen molar-refractivity contribution < 1.29 is 4.79 Å². The molecule has 2 heterocycles. The maximum absolute atomic E-state index is 11.9. The first kappa shape index (κ1) is 18.9. The minimum atomic E-state index is -0.0737. The van der Waals surface area contributed by atoms with Crippen molar-refractivity contribution >= 4 is 16.8 Å². The number of H-pyrrole nitrogens is 1. The summed E-state index contributed by atoms with van der Waals surface area (Å²) in [7, 11) is 1.91. The molecule has 7 nitrogen and oxygen atoms in total. The minimum Gasteiger partial charge on any atom is -0.352 e. The highest BCUT2D eigenvalue weighted by molar-refractivity contribution is 5.94. The zero-order valence-electron chi connectivity index (χ0n) is 16.9. The van der Waals surface area contributed by atoms with E-state index in [4.69, 9.17) is 4.98 Å². The lowest BCUT2D eigenvalue weighted by atomic mass is 9.98. The molecule has 4 aromatic rings. The van der Waals surface area contributed by atoms with Crippen LogP contribution in [0.15, 0.2) is 42.6 Å². The van der Waals surface area contributed by atoms with E-state index in [9.17, 15) is 4.79 Å². The van der Waals surface area contributed by atoms with Gasteiger partial charge in [0.25, 0.3) is 5.91 Å². The Balaban J connectivity index is 1.61. The Morgan fingerprint density at radius 1 is 1.14 bits per heavy atom. The monoisotopic (exact) mass is 388 g/mol. The molecule has 2 N–H and O–H groups in total. The second-order valence-electron chi connectivity index (χ2n) is 6.98. The number of nitrogens with one attached hydrogen (secondary N) is 2. The highest BCUT2D eigenvalue weighted by Crippen LogP contribution is 2.24. The van der Waals surface area contributed by atoms with Crippen molar-refractivity contribution in [2.75, 3.05) is 6.54 Å². The number of rotatable bonds is 6. The van der Waals surface area contributed by atoms with Crippen LogP contribution in [0.25, 0.3) is 22.3 Å². The molecule has 148 valence electrons. The smallest absolute Gasteiger partial charge is 0.251 e. The van der Waals surface area contributed by atoms with E-state index in [0.717, 1.165) is 28.7 Å². The van der Waals surface area contributed by atoms with Gasteiger partial charge in [-0.25, -0.2) is 4.98 Å². The lowest BCUT2D eigenvalue weighted by molar-refractivity contribution is 0.0956. The zero-order chi connectivity index (χ0) is 20.4. The number of hydrogen-bond acceptors (Lipinski definition) is 4. The average molecular weight is 388 g/mol. The third-order valence-corrected chi connectivity index (χ3v) is 5.13. The van der Waals surface area contributed by atoms with E-state index in [1.165, 1.54) is 11.1 Å². The molecule has 4 rings (SSSR count). The fraction of sp³-hybridized carbons (Fsp3) is 0.273. The van der Waals surface area contributed by atoms with Crippen LogP contribution in [0.2, 0.25) is 0 Å². The fourth-order valence-electron chi connectivity index (χ4n) is 3.60. The van der Waals surface area contributed by atoms with Gasteiger partial charge < -0.3 is 5.32 Å². The van der Waals surface area contributed by atoms with Crippen molar-refractivity contribution in [2.24, 2.45) is 7.05 Å². The first-order valence-corrected chi connectivity index (χ1v) is 9.83. The largest absolute Gasteiger partial charge is 0.352 e. The third kappa shape index (κ3) is 3.63. The van der Waals surface area contributed by atoms with Crippen LogP contribution >= 0.6 is 0 Å². The van der Waals surface area contributed by atoms with Gasteiger partial charge >= 0.3 is 0 Å². The van der Waals surface area contributed by atoms with Crippen LogP contribution < -0.4 is 5.32 Å². The summed E-state index contributed by atoms with van der Waals surface area (Å²) in [4.78, 5) is 16.7. The molecule has 7 heteroatoms. The summed E-state index contributed by atoms with van der Waals surface area (Å²) in [5, 5.41) is 15.7. The predicted molar refractivity (Wildman–Crippen MR) is 113 cm³/mol. The van der Waals surface area contributed by atoms with Crippen LogP contribution in [0, 0.1) is 0 Å². The summed E-state index contributed by atoms with van der Waals surface area (Å²) < 4.78 is 1.83. The molecule has 0 bridgehead atoms. The second-order valence-corrected chi connectivity index (χ2v) is 6.98. The van der Waals surface area contributed by atoms with E-state index in [2.05, 4.69) is 39.7 Å². The number of nitrogens with zero attached hydrogens (tertiary/aromatic N) is 4. The van der Waals surface area contributed by atoms with E-state index in [-0.39, 0.29) is 5.91 Å². The first-order valence-electron chi connectivity index (χ1n) is 9.83. The van der Waals surface area contributed by atoms with E-state index >= 15 is 0 Å². The van der Waals surface area contributed by atoms with Gasteiger partial charge in [-0.05, 0) is 42.7 Å². The molecule has 0 saturated carbocycles. The number of amides is 1. The molecule has 0 radical (unpaired) electrons. The van der Waals surface area contributed by atoms with E-state index < -0.39 is 0 Å². The van der Waals surface area contributed by atoms with Gasteiger partial charge in [0, 0.05) is 36.5 Å². The number of aromatic nitrogens is 5. The van der Waals surface area contributed by atoms with Crippen molar-refractivity contribution in [3.05, 3.63) is 65.1 Å². The van der Waals surface area contributed by atoms with Gasteiger partial charge in [0.05, 0.1) is 11.7 Å². The average Bonchev–Trinajstić information content (AvgIpc) is 3.35. The van der Waals surface area contributed by atoms with Crippen LogP contribution in [0.3, 0.4) is 0 Å². The maximum atomic E-state index is 11.9. The summed E-state index contributed by atoms with van der Waals surface area (Å²) >= 11 is 0. The van der Waals surface area contributed by atoms with Gasteiger partial charge in [-0.1, -0.05) is 25.1 Å². The van der Waals surface area contributed by atoms with Crippen LogP contribution in [-0.2, 0) is 19.9 Å². The predicted octanol–water partition coefficient (Wildman–Crippen LogP) is 3.26. The molecule has 0 atom stereocenters. The molecular weight excluding hydrogens is 364 g/mol. The van der Waals surface area contributed by atoms with Gasteiger partial charge in [0.15, 0.2) is 5.82 Å². The Labute approximate surface area is 169 Å². The number of carbonyl (C=O) groups excluding carboxylic acids is 1. The Morgan fingerprint density at radius 3 is 2.66 bits per heavy atom. The number of fused-ring (bicyclic) bond motifs is 1. The van der Waals surface area contributed by atoms with Gasteiger partial charge in [-0.2, -0.15) is 10.2 Å².